The summed E-state index contributed by atoms with van der Waals surface area (Å²) in [5, 5.41) is 0. The lowest BCUT2D eigenvalue weighted by Gasteiger charge is -2.52. The van der Waals surface area contributed by atoms with Crippen LogP contribution in [0.1, 0.15) is 40.5 Å². The molecule has 1 fully saturated rings. The minimum atomic E-state index is -0.160. The van der Waals surface area contributed by atoms with Crippen molar-refractivity contribution in [1.29, 1.82) is 0 Å². The van der Waals surface area contributed by atoms with Crippen LogP contribution in [0, 0.1) is 17.3 Å². The maximum Gasteiger partial charge on any atom is 0.309 e. The van der Waals surface area contributed by atoms with Gasteiger partial charge in [0.2, 0.25) is 0 Å². The van der Waals surface area contributed by atoms with E-state index in [9.17, 15) is 4.79 Å². The Balaban J connectivity index is 2.38. The Morgan fingerprint density at radius 2 is 1.94 bits per heavy atom. The molecule has 2 unspecified atom stereocenters. The highest BCUT2D eigenvalue weighted by Gasteiger charge is 2.48. The second-order valence-electron chi connectivity index (χ2n) is 5.97. The molecule has 0 aliphatic heterocycles. The summed E-state index contributed by atoms with van der Waals surface area (Å²) in [4.78, 5) is 11.4. The summed E-state index contributed by atoms with van der Waals surface area (Å²) in [5.74, 6) is 0.859. The van der Waals surface area contributed by atoms with Crippen LogP contribution in [0.3, 0.4) is 0 Å². The highest BCUT2D eigenvalue weighted by Crippen LogP contribution is 2.54. The molecule has 2 heteroatoms. The van der Waals surface area contributed by atoms with Crippen molar-refractivity contribution in [2.45, 2.75) is 40.5 Å². The SMILES string of the molecule is C=C(C)CC(=O)OCC1CC(C(=C)C)C1(C)C. The summed E-state index contributed by atoms with van der Waals surface area (Å²) < 4.78 is 5.29. The maximum absolute atomic E-state index is 11.4. The molecule has 0 saturated heterocycles. The zero-order valence-electron chi connectivity index (χ0n) is 11.5. The molecule has 0 aromatic carbocycles. The molecule has 1 saturated carbocycles. The van der Waals surface area contributed by atoms with Crippen molar-refractivity contribution in [2.24, 2.45) is 17.3 Å². The van der Waals surface area contributed by atoms with E-state index < -0.39 is 0 Å². The largest absolute Gasteiger partial charge is 0.465 e. The van der Waals surface area contributed by atoms with Crippen LogP contribution in [0.25, 0.3) is 0 Å². The van der Waals surface area contributed by atoms with E-state index in [1.54, 1.807) is 0 Å². The number of allylic oxidation sites excluding steroid dienone is 1. The van der Waals surface area contributed by atoms with Crippen LogP contribution in [0.2, 0.25) is 0 Å². The number of carbonyl (C=O) groups is 1. The van der Waals surface area contributed by atoms with Crippen molar-refractivity contribution in [2.75, 3.05) is 6.61 Å². The molecule has 0 amide bonds. The van der Waals surface area contributed by atoms with Gasteiger partial charge < -0.3 is 4.74 Å². The summed E-state index contributed by atoms with van der Waals surface area (Å²) in [6, 6.07) is 0. The van der Waals surface area contributed by atoms with Gasteiger partial charge in [-0.25, -0.2) is 0 Å². The number of ether oxygens (including phenoxy) is 1. The number of carbonyl (C=O) groups excluding carboxylic acids is 1. The average molecular weight is 236 g/mol. The van der Waals surface area contributed by atoms with Crippen LogP contribution in [-0.2, 0) is 9.53 Å². The number of hydrogen-bond acceptors (Lipinski definition) is 2. The third-order valence-corrected chi connectivity index (χ3v) is 3.96. The Morgan fingerprint density at radius 1 is 1.35 bits per heavy atom. The van der Waals surface area contributed by atoms with Crippen LogP contribution < -0.4 is 0 Å². The topological polar surface area (TPSA) is 26.3 Å². The Hall–Kier alpha value is -1.05. The highest BCUT2D eigenvalue weighted by atomic mass is 16.5. The molecule has 0 radical (unpaired) electrons. The summed E-state index contributed by atoms with van der Waals surface area (Å²) in [5.41, 5.74) is 2.29. The van der Waals surface area contributed by atoms with Gasteiger partial charge in [-0.15, -0.1) is 0 Å². The van der Waals surface area contributed by atoms with Crippen molar-refractivity contribution >= 4 is 5.97 Å². The molecule has 0 N–H and O–H groups in total. The Kier molecular flexibility index (Phi) is 4.18. The van der Waals surface area contributed by atoms with Gasteiger partial charge in [0.1, 0.15) is 0 Å². The molecule has 0 heterocycles. The second-order valence-corrected chi connectivity index (χ2v) is 5.97. The Morgan fingerprint density at radius 3 is 2.35 bits per heavy atom. The van der Waals surface area contributed by atoms with Gasteiger partial charge in [-0.3, -0.25) is 4.79 Å². The minimum Gasteiger partial charge on any atom is -0.465 e. The van der Waals surface area contributed by atoms with Gasteiger partial charge in [0.05, 0.1) is 13.0 Å². The van der Waals surface area contributed by atoms with Crippen LogP contribution in [0.5, 0.6) is 0 Å². The van der Waals surface area contributed by atoms with Crippen LogP contribution in [-0.4, -0.2) is 12.6 Å². The fourth-order valence-electron chi connectivity index (χ4n) is 2.63. The molecule has 0 aromatic rings. The van der Waals surface area contributed by atoms with E-state index in [4.69, 9.17) is 4.74 Å². The van der Waals surface area contributed by atoms with Crippen molar-refractivity contribution in [3.05, 3.63) is 24.3 Å². The third kappa shape index (κ3) is 3.21. The molecule has 1 rings (SSSR count). The van der Waals surface area contributed by atoms with E-state index >= 15 is 0 Å². The van der Waals surface area contributed by atoms with Gasteiger partial charge in [-0.2, -0.15) is 0 Å². The van der Waals surface area contributed by atoms with Crippen molar-refractivity contribution in [3.8, 4) is 0 Å². The first-order valence-corrected chi connectivity index (χ1v) is 6.20. The zero-order chi connectivity index (χ0) is 13.2. The molecular weight excluding hydrogens is 212 g/mol. The van der Waals surface area contributed by atoms with E-state index in [1.165, 1.54) is 5.57 Å². The summed E-state index contributed by atoms with van der Waals surface area (Å²) in [7, 11) is 0. The van der Waals surface area contributed by atoms with E-state index in [1.807, 2.05) is 6.92 Å². The number of rotatable bonds is 5. The van der Waals surface area contributed by atoms with Crippen LogP contribution in [0.4, 0.5) is 0 Å². The lowest BCUT2D eigenvalue weighted by molar-refractivity contribution is -0.149. The lowest BCUT2D eigenvalue weighted by atomic mass is 9.53. The second kappa shape index (κ2) is 5.07. The van der Waals surface area contributed by atoms with Crippen LogP contribution in [0.15, 0.2) is 24.3 Å². The fourth-order valence-corrected chi connectivity index (χ4v) is 2.63. The Bertz CT molecular complexity index is 339. The van der Waals surface area contributed by atoms with Gasteiger partial charge in [0, 0.05) is 0 Å². The molecule has 0 aromatic heterocycles. The van der Waals surface area contributed by atoms with Crippen LogP contribution >= 0.6 is 0 Å². The maximum atomic E-state index is 11.4. The highest BCUT2D eigenvalue weighted by molar-refractivity contribution is 5.72. The van der Waals surface area contributed by atoms with Crippen molar-refractivity contribution < 1.29 is 9.53 Å². The molecule has 1 aliphatic carbocycles. The van der Waals surface area contributed by atoms with E-state index in [2.05, 4.69) is 33.9 Å². The minimum absolute atomic E-state index is 0.160. The monoisotopic (exact) mass is 236 g/mol. The van der Waals surface area contributed by atoms with Gasteiger partial charge >= 0.3 is 5.97 Å². The smallest absolute Gasteiger partial charge is 0.309 e. The van der Waals surface area contributed by atoms with Gasteiger partial charge in [0.25, 0.3) is 0 Å². The molecule has 2 atom stereocenters. The quantitative estimate of drug-likeness (QED) is 0.537. The molecule has 17 heavy (non-hydrogen) atoms. The van der Waals surface area contributed by atoms with Gasteiger partial charge in [0.15, 0.2) is 0 Å². The van der Waals surface area contributed by atoms with Gasteiger partial charge in [-0.1, -0.05) is 38.2 Å². The van der Waals surface area contributed by atoms with E-state index in [-0.39, 0.29) is 11.4 Å². The standard InChI is InChI=1S/C15H24O2/c1-10(2)7-14(16)17-9-12-8-13(11(3)4)15(12,5)6/h12-13H,1,3,7-9H2,2,4-6H3. The molecule has 96 valence electrons. The molecule has 0 spiro atoms. The summed E-state index contributed by atoms with van der Waals surface area (Å²) >= 11 is 0. The molecule has 0 bridgehead atoms. The molecular formula is C15H24O2. The predicted molar refractivity (Wildman–Crippen MR) is 70.6 cm³/mol. The average Bonchev–Trinajstić information content (AvgIpc) is 2.14. The molecule has 1 aliphatic rings. The van der Waals surface area contributed by atoms with Crippen molar-refractivity contribution in [1.82, 2.24) is 0 Å². The number of hydrogen-bond donors (Lipinski definition) is 0. The predicted octanol–water partition coefficient (Wildman–Crippen LogP) is 3.73. The number of esters is 1. The van der Waals surface area contributed by atoms with E-state index in [0.717, 1.165) is 12.0 Å². The first-order chi connectivity index (χ1) is 7.75. The van der Waals surface area contributed by atoms with E-state index in [0.29, 0.717) is 24.9 Å². The van der Waals surface area contributed by atoms with Crippen molar-refractivity contribution in [3.63, 3.8) is 0 Å². The Labute approximate surface area is 105 Å². The first-order valence-electron chi connectivity index (χ1n) is 6.20. The summed E-state index contributed by atoms with van der Waals surface area (Å²) in [6.07, 6.45) is 1.42. The van der Waals surface area contributed by atoms with Gasteiger partial charge in [-0.05, 0) is 37.5 Å². The lowest BCUT2D eigenvalue weighted by Crippen LogP contribution is -2.47. The normalized spacial score (nSPS) is 25.9. The fraction of sp³-hybridized carbons (Fsp3) is 0.667. The first kappa shape index (κ1) is 14.0. The molecule has 2 nitrogen and oxygen atoms in total. The zero-order valence-corrected chi connectivity index (χ0v) is 11.5. The summed E-state index contributed by atoms with van der Waals surface area (Å²) in [6.45, 7) is 16.6. The third-order valence-electron chi connectivity index (χ3n) is 3.96.